The van der Waals surface area contributed by atoms with Crippen LogP contribution in [0.25, 0.3) is 11.3 Å². The number of nitrogens with one attached hydrogen (secondary N) is 3. The van der Waals surface area contributed by atoms with E-state index in [1.54, 1.807) is 24.5 Å². The summed E-state index contributed by atoms with van der Waals surface area (Å²) in [5, 5.41) is 39.5. The van der Waals surface area contributed by atoms with Crippen molar-refractivity contribution in [1.82, 2.24) is 48.5 Å². The Bertz CT molecular complexity index is 3570. The van der Waals surface area contributed by atoms with Crippen LogP contribution in [0.4, 0.5) is 17.6 Å². The normalized spacial score (nSPS) is 24.5. The Labute approximate surface area is 603 Å². The molecule has 5 aromatic rings. The number of ether oxygens (including phenoxy) is 2. The standard InChI is InChI=1S/C23H34N6O4S.C16H25BClN3O3.C10H13BCl2N2O2.C9H11ClN2O3S.C6H13NO/c1-2-3-10-24-23-26-16-20(22(28-23)27-17-4-6-18(30)7-5-17)21-9-8-19(15-25-21)34(31,32)29-11-13-33-14-12-29;1-15(2)16(3,4)24-17(23-15)12-9-19-14(18)21-13(12)20-10-5-7-11(22)8-6-10;1-9(2)10(3,4)17-11(16-9)6-5-14-8(13)15-7(6)12;10-9-2-1-8(7-11-9)16(13,14)12-3-5-15-6-4-12;7-5-1-3-6(8)4-2-5/h8-9,15-18,30H,2-7,10-14H2,1H3,(H2,24,26,27,28);9-11,22H,5-8H2,1-4H3,(H,19,20,21);5H,1-4H3;1-2,7H,3-6H2;5-6,8H,1-4,7H2. The number of nitrogens with zero attached hydrogens (tertiary/aromatic N) is 10. The van der Waals surface area contributed by atoms with E-state index in [2.05, 4.69) is 57.8 Å². The molecular formula is C64H96B2Cl4N14O13S2. The van der Waals surface area contributed by atoms with Gasteiger partial charge in [0.05, 0.1) is 78.4 Å². The summed E-state index contributed by atoms with van der Waals surface area (Å²) in [6.45, 7) is 22.0. The minimum atomic E-state index is -3.61. The lowest BCUT2D eigenvalue weighted by atomic mass is 9.80. The molecule has 3 aliphatic carbocycles. The van der Waals surface area contributed by atoms with Gasteiger partial charge >= 0.3 is 14.2 Å². The van der Waals surface area contributed by atoms with Gasteiger partial charge in [0.25, 0.3) is 0 Å². The molecule has 0 amide bonds. The minimum Gasteiger partial charge on any atom is -0.399 e. The number of unbranched alkanes of at least 4 members (excludes halogenated alkanes) is 1. The van der Waals surface area contributed by atoms with Gasteiger partial charge in [0.2, 0.25) is 36.6 Å². The number of anilines is 3. The van der Waals surface area contributed by atoms with Gasteiger partial charge in [-0.2, -0.15) is 13.6 Å². The predicted molar refractivity (Wildman–Crippen MR) is 384 cm³/mol. The van der Waals surface area contributed by atoms with Crippen molar-refractivity contribution in [1.29, 1.82) is 0 Å². The van der Waals surface area contributed by atoms with Gasteiger partial charge in [-0.15, -0.1) is 0 Å². The Balaban J connectivity index is 0.000000168. The number of hydrogen-bond donors (Lipinski definition) is 7. The number of aromatic nitrogens is 8. The average Bonchev–Trinajstić information content (AvgIpc) is 1.71. The maximum absolute atomic E-state index is 12.9. The fourth-order valence-corrected chi connectivity index (χ4v) is 14.6. The van der Waals surface area contributed by atoms with E-state index in [0.29, 0.717) is 93.0 Å². The number of aliphatic hydroxyl groups is 3. The van der Waals surface area contributed by atoms with Crippen molar-refractivity contribution in [2.75, 3.05) is 75.1 Å². The summed E-state index contributed by atoms with van der Waals surface area (Å²) in [7, 11) is -8.16. The Morgan fingerprint density at radius 3 is 1.40 bits per heavy atom. The molecular weight excluding hydrogens is 1400 g/mol. The highest BCUT2D eigenvalue weighted by Gasteiger charge is 2.54. The third-order valence-corrected chi connectivity index (χ3v) is 23.5. The van der Waals surface area contributed by atoms with Gasteiger partial charge in [-0.05, 0) is 186 Å². The summed E-state index contributed by atoms with van der Waals surface area (Å²) < 4.78 is 87.1. The third-order valence-electron chi connectivity index (χ3n) is 18.9. The molecule has 546 valence electrons. The number of pyridine rings is 2. The van der Waals surface area contributed by atoms with E-state index in [4.69, 9.17) is 90.3 Å². The summed E-state index contributed by atoms with van der Waals surface area (Å²) in [6.07, 6.45) is 19.6. The second-order valence-electron chi connectivity index (χ2n) is 27.3. The van der Waals surface area contributed by atoms with Crippen LogP contribution in [0.2, 0.25) is 20.9 Å². The van der Waals surface area contributed by atoms with Gasteiger partial charge in [0.15, 0.2) is 0 Å². The van der Waals surface area contributed by atoms with Crippen molar-refractivity contribution in [3.63, 3.8) is 0 Å². The molecule has 0 unspecified atom stereocenters. The first kappa shape index (κ1) is 80.3. The van der Waals surface area contributed by atoms with Crippen molar-refractivity contribution in [3.05, 3.63) is 76.1 Å². The number of hydrogen-bond acceptors (Lipinski definition) is 25. The lowest BCUT2D eigenvalue weighted by molar-refractivity contribution is 0.00578. The molecule has 0 spiro atoms. The molecule has 0 atom stereocenters. The molecule has 35 heteroatoms. The molecule has 3 saturated carbocycles. The Morgan fingerprint density at radius 2 is 0.970 bits per heavy atom. The van der Waals surface area contributed by atoms with E-state index in [1.807, 2.05) is 55.4 Å². The highest BCUT2D eigenvalue weighted by molar-refractivity contribution is 7.89. The number of halogens is 4. The molecule has 7 aliphatic rings. The zero-order valence-electron chi connectivity index (χ0n) is 57.9. The molecule has 9 heterocycles. The SMILES string of the molecule is CC1(C)OB(c2cnc(Cl)nc2Cl)OC1(C)C.CC1(C)OB(c2cnc(Cl)nc2NC2CCC(O)CC2)OC1(C)C.CCCCNc1ncc(-c2ccc(S(=O)(=O)N3CCOCC3)cn2)c(NC2CCC(O)CC2)n1.NC1CCC(O)CC1.O=S(=O)(c1ccc(Cl)nc1)N1CCOCC1. The molecule has 5 aromatic heterocycles. The maximum atomic E-state index is 12.9. The molecule has 7 fully saturated rings. The third kappa shape index (κ3) is 22.3. The van der Waals surface area contributed by atoms with Crippen LogP contribution >= 0.6 is 46.4 Å². The summed E-state index contributed by atoms with van der Waals surface area (Å²) in [4.78, 5) is 33.9. The second kappa shape index (κ2) is 35.9. The van der Waals surface area contributed by atoms with Crippen LogP contribution in [-0.2, 0) is 48.1 Å². The summed E-state index contributed by atoms with van der Waals surface area (Å²) in [5.74, 6) is 1.85. The van der Waals surface area contributed by atoms with Crippen LogP contribution in [0, 0.1) is 0 Å². The van der Waals surface area contributed by atoms with Crippen LogP contribution in [0.1, 0.15) is 152 Å². The summed E-state index contributed by atoms with van der Waals surface area (Å²) in [6, 6.07) is 7.02. The number of morpholine rings is 2. The van der Waals surface area contributed by atoms with E-state index >= 15 is 0 Å². The van der Waals surface area contributed by atoms with Crippen LogP contribution in [-0.4, -0.2) is 213 Å². The number of aliphatic hydroxyl groups excluding tert-OH is 3. The van der Waals surface area contributed by atoms with Crippen LogP contribution in [0.5, 0.6) is 0 Å². The zero-order chi connectivity index (χ0) is 71.9. The van der Waals surface area contributed by atoms with Crippen molar-refractivity contribution in [3.8, 4) is 11.3 Å². The highest BCUT2D eigenvalue weighted by atomic mass is 35.5. The van der Waals surface area contributed by atoms with Crippen molar-refractivity contribution >= 4 is 109 Å². The molecule has 8 N–H and O–H groups in total. The molecule has 0 radical (unpaired) electrons. The molecule has 4 aliphatic heterocycles. The summed E-state index contributed by atoms with van der Waals surface area (Å²) in [5.41, 5.74) is 6.55. The van der Waals surface area contributed by atoms with E-state index < -0.39 is 56.7 Å². The highest BCUT2D eigenvalue weighted by Crippen LogP contribution is 2.39. The van der Waals surface area contributed by atoms with Crippen LogP contribution in [0.15, 0.2) is 65.0 Å². The Kier molecular flexibility index (Phi) is 29.1. The van der Waals surface area contributed by atoms with E-state index in [0.717, 1.165) is 102 Å². The van der Waals surface area contributed by atoms with Crippen LogP contribution in [0.3, 0.4) is 0 Å². The maximum Gasteiger partial charge on any atom is 0.500 e. The van der Waals surface area contributed by atoms with E-state index in [1.165, 1.54) is 39.3 Å². The fraction of sp³-hybridized carbons (Fsp3) is 0.656. The Hall–Kier alpha value is -4.35. The quantitative estimate of drug-likeness (QED) is 0.0173. The van der Waals surface area contributed by atoms with E-state index in [-0.39, 0.29) is 61.1 Å². The van der Waals surface area contributed by atoms with Gasteiger partial charge < -0.3 is 65.1 Å². The number of nitrogens with two attached hydrogens (primary N) is 1. The van der Waals surface area contributed by atoms with Crippen molar-refractivity contribution < 1.29 is 60.2 Å². The second-order valence-corrected chi connectivity index (χ2v) is 32.6. The molecule has 0 bridgehead atoms. The lowest BCUT2D eigenvalue weighted by Crippen LogP contribution is -2.41. The largest absolute Gasteiger partial charge is 0.500 e. The molecule has 12 rings (SSSR count). The average molecular weight is 1500 g/mol. The van der Waals surface area contributed by atoms with Crippen molar-refractivity contribution in [2.24, 2.45) is 5.73 Å². The van der Waals surface area contributed by atoms with Gasteiger partial charge in [0.1, 0.15) is 31.7 Å². The smallest absolute Gasteiger partial charge is 0.399 e. The van der Waals surface area contributed by atoms with Gasteiger partial charge in [-0.3, -0.25) is 4.98 Å². The number of rotatable bonds is 15. The van der Waals surface area contributed by atoms with Crippen molar-refractivity contribution in [2.45, 2.75) is 221 Å². The monoisotopic (exact) mass is 1490 g/mol. The molecule has 27 nitrogen and oxygen atoms in total. The minimum absolute atomic E-state index is 0.0604. The topological polar surface area (TPSA) is 356 Å². The van der Waals surface area contributed by atoms with Gasteiger partial charge in [0, 0.05) is 92.8 Å². The van der Waals surface area contributed by atoms with Crippen LogP contribution < -0.4 is 32.6 Å². The summed E-state index contributed by atoms with van der Waals surface area (Å²) >= 11 is 23.2. The van der Waals surface area contributed by atoms with E-state index in [9.17, 15) is 27.0 Å². The molecule has 4 saturated heterocycles. The van der Waals surface area contributed by atoms with Gasteiger partial charge in [-0.25, -0.2) is 46.7 Å². The zero-order valence-corrected chi connectivity index (χ0v) is 62.5. The number of sulfonamides is 2. The molecule has 99 heavy (non-hydrogen) atoms. The predicted octanol–water partition coefficient (Wildman–Crippen LogP) is 7.72. The first-order valence-corrected chi connectivity index (χ1v) is 38.3. The Morgan fingerprint density at radius 1 is 0.535 bits per heavy atom. The molecule has 0 aromatic carbocycles. The first-order valence-electron chi connectivity index (χ1n) is 33.9. The first-order chi connectivity index (χ1) is 46.8. The lowest BCUT2D eigenvalue weighted by Gasteiger charge is -2.32. The van der Waals surface area contributed by atoms with Gasteiger partial charge in [-0.1, -0.05) is 36.5 Å². The fourth-order valence-electron chi connectivity index (χ4n) is 11.3.